The molecule has 2 amide bonds. The predicted octanol–water partition coefficient (Wildman–Crippen LogP) is 3.70. The van der Waals surface area contributed by atoms with Gasteiger partial charge in [0.2, 0.25) is 0 Å². The van der Waals surface area contributed by atoms with Crippen molar-refractivity contribution in [2.24, 2.45) is 4.99 Å². The van der Waals surface area contributed by atoms with Crippen LogP contribution in [0.5, 0.6) is 0 Å². The molecule has 2 aromatic carbocycles. The lowest BCUT2D eigenvalue weighted by Gasteiger charge is -2.17. The van der Waals surface area contributed by atoms with E-state index < -0.39 is 0 Å². The first-order valence-corrected chi connectivity index (χ1v) is 10.9. The first-order chi connectivity index (χ1) is 15.2. The highest BCUT2D eigenvalue weighted by Crippen LogP contribution is 2.18. The molecule has 7 heteroatoms. The fourth-order valence-electron chi connectivity index (χ4n) is 3.94. The van der Waals surface area contributed by atoms with Gasteiger partial charge >= 0.3 is 6.03 Å². The highest BCUT2D eigenvalue weighted by Gasteiger charge is 2.17. The normalized spacial score (nSPS) is 14.1. The Bertz CT molecular complexity index is 1050. The molecule has 4 rings (SSSR count). The number of carbonyl (C=O) groups is 1. The van der Waals surface area contributed by atoms with E-state index in [1.165, 1.54) is 10.9 Å². The molecule has 0 bridgehead atoms. The number of urea groups is 1. The first-order valence-electron chi connectivity index (χ1n) is 10.9. The van der Waals surface area contributed by atoms with Crippen molar-refractivity contribution in [2.45, 2.75) is 25.8 Å². The van der Waals surface area contributed by atoms with Crippen LogP contribution in [0.15, 0.2) is 59.7 Å². The Balaban J connectivity index is 1.26. The summed E-state index contributed by atoms with van der Waals surface area (Å²) in [6, 6.07) is 16.2. The monoisotopic (exact) mass is 418 g/mol. The number of aromatic nitrogens is 1. The highest BCUT2D eigenvalue weighted by molar-refractivity contribution is 5.89. The average molecular weight is 419 g/mol. The van der Waals surface area contributed by atoms with Gasteiger partial charge < -0.3 is 25.8 Å². The van der Waals surface area contributed by atoms with E-state index in [4.69, 9.17) is 0 Å². The van der Waals surface area contributed by atoms with Crippen LogP contribution in [0.2, 0.25) is 0 Å². The molecule has 1 aliphatic rings. The van der Waals surface area contributed by atoms with E-state index in [9.17, 15) is 4.79 Å². The Morgan fingerprint density at radius 3 is 2.77 bits per heavy atom. The van der Waals surface area contributed by atoms with E-state index >= 15 is 0 Å². The zero-order valence-electron chi connectivity index (χ0n) is 17.9. The summed E-state index contributed by atoms with van der Waals surface area (Å²) in [6.07, 6.45) is 5.15. The van der Waals surface area contributed by atoms with Gasteiger partial charge in [0.05, 0.1) is 0 Å². The van der Waals surface area contributed by atoms with Crippen molar-refractivity contribution in [1.29, 1.82) is 0 Å². The molecule has 1 aliphatic heterocycles. The number of amides is 2. The number of guanidine groups is 1. The van der Waals surface area contributed by atoms with E-state index in [0.29, 0.717) is 6.54 Å². The lowest BCUT2D eigenvalue weighted by atomic mass is 10.1. The molecular weight excluding hydrogens is 388 g/mol. The van der Waals surface area contributed by atoms with Gasteiger partial charge in [-0.2, -0.15) is 0 Å². The van der Waals surface area contributed by atoms with Gasteiger partial charge in [0, 0.05) is 56.0 Å². The molecule has 7 nitrogen and oxygen atoms in total. The van der Waals surface area contributed by atoms with Crippen LogP contribution >= 0.6 is 0 Å². The number of rotatable bonds is 6. The summed E-state index contributed by atoms with van der Waals surface area (Å²) in [5.74, 6) is 0.756. The van der Waals surface area contributed by atoms with E-state index in [-0.39, 0.29) is 6.03 Å². The number of aromatic amines is 1. The summed E-state index contributed by atoms with van der Waals surface area (Å²) < 4.78 is 0. The van der Waals surface area contributed by atoms with E-state index in [2.05, 4.69) is 50.3 Å². The fourth-order valence-corrected chi connectivity index (χ4v) is 3.94. The van der Waals surface area contributed by atoms with E-state index in [0.717, 1.165) is 61.6 Å². The smallest absolute Gasteiger partial charge is 0.321 e. The molecule has 0 saturated carbocycles. The summed E-state index contributed by atoms with van der Waals surface area (Å²) in [5, 5.41) is 11.0. The number of aliphatic imine (C=N–C) groups is 1. The molecule has 1 fully saturated rings. The van der Waals surface area contributed by atoms with Gasteiger partial charge in [0.1, 0.15) is 0 Å². The predicted molar refractivity (Wildman–Crippen MR) is 126 cm³/mol. The Morgan fingerprint density at radius 2 is 1.94 bits per heavy atom. The van der Waals surface area contributed by atoms with Crippen molar-refractivity contribution in [3.8, 4) is 0 Å². The van der Waals surface area contributed by atoms with Crippen LogP contribution in [0.25, 0.3) is 10.9 Å². The maximum absolute atomic E-state index is 12.3. The molecule has 1 saturated heterocycles. The van der Waals surface area contributed by atoms with Gasteiger partial charge in [-0.15, -0.1) is 0 Å². The molecule has 3 aromatic rings. The molecule has 0 aliphatic carbocycles. The zero-order chi connectivity index (χ0) is 21.5. The second-order valence-electron chi connectivity index (χ2n) is 7.79. The number of H-pyrrole nitrogens is 1. The van der Waals surface area contributed by atoms with Crippen LogP contribution in [0.3, 0.4) is 0 Å². The SMILES string of the molecule is CN=C(NCCc1c[nH]c2ccccc12)NCc1cccc(NC(=O)N2CCCC2)c1. The van der Waals surface area contributed by atoms with Crippen LogP contribution < -0.4 is 16.0 Å². The zero-order valence-corrected chi connectivity index (χ0v) is 17.9. The van der Waals surface area contributed by atoms with Crippen LogP contribution in [-0.2, 0) is 13.0 Å². The second kappa shape index (κ2) is 10.0. The lowest BCUT2D eigenvalue weighted by molar-refractivity contribution is 0.222. The quantitative estimate of drug-likeness (QED) is 0.364. The Kier molecular flexibility index (Phi) is 6.72. The van der Waals surface area contributed by atoms with Crippen LogP contribution in [0.4, 0.5) is 10.5 Å². The van der Waals surface area contributed by atoms with Gasteiger partial charge in [-0.05, 0) is 48.6 Å². The number of likely N-dealkylation sites (tertiary alicyclic amines) is 1. The molecular formula is C24H30N6O. The minimum atomic E-state index is -0.0163. The third kappa shape index (κ3) is 5.36. The van der Waals surface area contributed by atoms with Gasteiger partial charge in [-0.25, -0.2) is 4.79 Å². The summed E-state index contributed by atoms with van der Waals surface area (Å²) in [4.78, 5) is 21.8. The number of nitrogens with one attached hydrogen (secondary N) is 4. The van der Waals surface area contributed by atoms with E-state index in [1.54, 1.807) is 7.05 Å². The minimum Gasteiger partial charge on any atom is -0.361 e. The molecule has 162 valence electrons. The number of benzene rings is 2. The number of anilines is 1. The topological polar surface area (TPSA) is 84.5 Å². The van der Waals surface area contributed by atoms with Crippen molar-refractivity contribution in [2.75, 3.05) is 32.0 Å². The van der Waals surface area contributed by atoms with Gasteiger partial charge in [0.15, 0.2) is 5.96 Å². The Labute approximate surface area is 182 Å². The van der Waals surface area contributed by atoms with E-state index in [1.807, 2.05) is 35.2 Å². The van der Waals surface area contributed by atoms with Gasteiger partial charge in [0.25, 0.3) is 0 Å². The Hall–Kier alpha value is -3.48. The van der Waals surface area contributed by atoms with Crippen LogP contribution in [0.1, 0.15) is 24.0 Å². The minimum absolute atomic E-state index is 0.0163. The molecule has 31 heavy (non-hydrogen) atoms. The summed E-state index contributed by atoms with van der Waals surface area (Å²) in [7, 11) is 1.77. The fraction of sp³-hybridized carbons (Fsp3) is 0.333. The number of carbonyl (C=O) groups excluding carboxylic acids is 1. The Morgan fingerprint density at radius 1 is 1.10 bits per heavy atom. The van der Waals surface area contributed by atoms with Crippen molar-refractivity contribution in [3.05, 3.63) is 65.9 Å². The molecule has 1 aromatic heterocycles. The van der Waals surface area contributed by atoms with Gasteiger partial charge in [-0.3, -0.25) is 4.99 Å². The molecule has 4 N–H and O–H groups in total. The molecule has 0 spiro atoms. The van der Waals surface area contributed by atoms with Crippen molar-refractivity contribution < 1.29 is 4.79 Å². The van der Waals surface area contributed by atoms with Crippen molar-refractivity contribution >= 4 is 28.6 Å². The standard InChI is InChI=1S/C24H30N6O/c1-25-23(26-12-11-19-17-27-22-10-3-2-9-21(19)22)28-16-18-7-6-8-20(15-18)29-24(31)30-13-4-5-14-30/h2-3,6-10,15,17,27H,4-5,11-14,16H2,1H3,(H,29,31)(H2,25,26,28). The summed E-state index contributed by atoms with van der Waals surface area (Å²) in [5.41, 5.74) is 4.36. The second-order valence-corrected chi connectivity index (χ2v) is 7.79. The maximum Gasteiger partial charge on any atom is 0.321 e. The average Bonchev–Trinajstić information content (AvgIpc) is 3.47. The molecule has 0 atom stereocenters. The number of hydrogen-bond donors (Lipinski definition) is 4. The largest absolute Gasteiger partial charge is 0.361 e. The number of fused-ring (bicyclic) bond motifs is 1. The first kappa shape index (κ1) is 20.8. The lowest BCUT2D eigenvalue weighted by Crippen LogP contribution is -2.37. The van der Waals surface area contributed by atoms with Crippen LogP contribution in [0, 0.1) is 0 Å². The third-order valence-corrected chi connectivity index (χ3v) is 5.62. The third-order valence-electron chi connectivity index (χ3n) is 5.62. The molecule has 0 radical (unpaired) electrons. The molecule has 0 unspecified atom stereocenters. The number of hydrogen-bond acceptors (Lipinski definition) is 2. The van der Waals surface area contributed by atoms with Gasteiger partial charge in [-0.1, -0.05) is 30.3 Å². The summed E-state index contributed by atoms with van der Waals surface area (Å²) in [6.45, 7) is 3.09. The highest BCUT2D eigenvalue weighted by atomic mass is 16.2. The summed E-state index contributed by atoms with van der Waals surface area (Å²) >= 11 is 0. The number of nitrogens with zero attached hydrogens (tertiary/aromatic N) is 2. The van der Waals surface area contributed by atoms with Crippen LogP contribution in [-0.4, -0.2) is 48.6 Å². The molecule has 2 heterocycles. The number of para-hydroxylation sites is 1. The van der Waals surface area contributed by atoms with Crippen molar-refractivity contribution in [1.82, 2.24) is 20.5 Å². The maximum atomic E-state index is 12.3. The van der Waals surface area contributed by atoms with Crippen molar-refractivity contribution in [3.63, 3.8) is 0 Å².